The summed E-state index contributed by atoms with van der Waals surface area (Å²) in [6.07, 6.45) is 6.98. The van der Waals surface area contributed by atoms with E-state index in [-0.39, 0.29) is 11.6 Å². The number of benzene rings is 1. The molecule has 7 nitrogen and oxygen atoms in total. The zero-order valence-electron chi connectivity index (χ0n) is 12.4. The zero-order chi connectivity index (χ0) is 16.1. The Hall–Kier alpha value is -2.45. The Morgan fingerprint density at radius 3 is 2.78 bits per heavy atom. The number of aryl methyl sites for hydroxylation is 2. The lowest BCUT2D eigenvalue weighted by atomic mass is 10.1. The van der Waals surface area contributed by atoms with Gasteiger partial charge in [0.15, 0.2) is 5.03 Å². The van der Waals surface area contributed by atoms with E-state index in [2.05, 4.69) is 31.8 Å². The highest BCUT2D eigenvalue weighted by molar-refractivity contribution is 7.89. The summed E-state index contributed by atoms with van der Waals surface area (Å²) in [5.41, 5.74) is 1.23. The highest BCUT2D eigenvalue weighted by atomic mass is 32.2. The molecule has 0 fully saturated rings. The van der Waals surface area contributed by atoms with E-state index in [0.717, 1.165) is 13.0 Å². The van der Waals surface area contributed by atoms with Gasteiger partial charge in [0.05, 0.1) is 19.1 Å². The molecule has 0 aliphatic heterocycles. The average Bonchev–Trinajstić information content (AvgIpc) is 3.24. The van der Waals surface area contributed by atoms with Crippen LogP contribution in [0.2, 0.25) is 0 Å². The van der Waals surface area contributed by atoms with E-state index >= 15 is 0 Å². The summed E-state index contributed by atoms with van der Waals surface area (Å²) in [7, 11) is -3.60. The number of rotatable bonds is 7. The molecule has 23 heavy (non-hydrogen) atoms. The SMILES string of the molecule is O=S(=O)(NCc1nccn1CCc1ccccc1)c1cnc[nH]1. The number of H-pyrrole nitrogens is 1. The number of imidazole rings is 2. The Labute approximate surface area is 134 Å². The Bertz CT molecular complexity index is 841. The fourth-order valence-electron chi connectivity index (χ4n) is 2.23. The molecule has 0 aliphatic carbocycles. The van der Waals surface area contributed by atoms with E-state index in [4.69, 9.17) is 0 Å². The van der Waals surface area contributed by atoms with Gasteiger partial charge in [-0.05, 0) is 12.0 Å². The number of hydrogen-bond donors (Lipinski definition) is 2. The molecule has 0 spiro atoms. The minimum absolute atomic E-state index is 0.0416. The van der Waals surface area contributed by atoms with Crippen LogP contribution in [-0.4, -0.2) is 27.9 Å². The van der Waals surface area contributed by atoms with Crippen molar-refractivity contribution in [2.75, 3.05) is 0 Å². The van der Waals surface area contributed by atoms with Crippen molar-refractivity contribution in [2.45, 2.75) is 24.5 Å². The lowest BCUT2D eigenvalue weighted by Crippen LogP contribution is -2.25. The number of hydrogen-bond acceptors (Lipinski definition) is 4. The van der Waals surface area contributed by atoms with Gasteiger partial charge in [0.25, 0.3) is 10.0 Å². The van der Waals surface area contributed by atoms with Crippen molar-refractivity contribution in [3.63, 3.8) is 0 Å². The van der Waals surface area contributed by atoms with Gasteiger partial charge in [0.2, 0.25) is 0 Å². The molecule has 3 aromatic rings. The van der Waals surface area contributed by atoms with Gasteiger partial charge in [0.1, 0.15) is 5.82 Å². The maximum Gasteiger partial charge on any atom is 0.258 e. The van der Waals surface area contributed by atoms with E-state index in [1.54, 1.807) is 6.20 Å². The first-order chi connectivity index (χ1) is 11.1. The van der Waals surface area contributed by atoms with Crippen molar-refractivity contribution in [1.82, 2.24) is 24.2 Å². The van der Waals surface area contributed by atoms with Crippen molar-refractivity contribution >= 4 is 10.0 Å². The van der Waals surface area contributed by atoms with E-state index < -0.39 is 10.0 Å². The number of nitrogens with zero attached hydrogens (tertiary/aromatic N) is 3. The first kappa shape index (κ1) is 15.4. The van der Waals surface area contributed by atoms with Gasteiger partial charge in [-0.2, -0.15) is 0 Å². The molecule has 1 aromatic carbocycles. The van der Waals surface area contributed by atoms with Crippen LogP contribution in [0.4, 0.5) is 0 Å². The third-order valence-electron chi connectivity index (χ3n) is 3.47. The molecule has 0 amide bonds. The maximum absolute atomic E-state index is 12.1. The van der Waals surface area contributed by atoms with Gasteiger partial charge < -0.3 is 9.55 Å². The van der Waals surface area contributed by atoms with Gasteiger partial charge in [-0.25, -0.2) is 23.1 Å². The molecule has 0 bridgehead atoms. The Balaban J connectivity index is 1.63. The molecule has 0 saturated carbocycles. The van der Waals surface area contributed by atoms with Crippen molar-refractivity contribution in [3.8, 4) is 0 Å². The molecule has 2 aromatic heterocycles. The van der Waals surface area contributed by atoms with Crippen molar-refractivity contribution in [1.29, 1.82) is 0 Å². The van der Waals surface area contributed by atoms with Crippen LogP contribution < -0.4 is 4.72 Å². The molecule has 3 rings (SSSR count). The molecule has 0 atom stereocenters. The molecule has 8 heteroatoms. The fraction of sp³-hybridized carbons (Fsp3) is 0.200. The molecule has 0 radical (unpaired) electrons. The normalized spacial score (nSPS) is 11.7. The molecular weight excluding hydrogens is 314 g/mol. The van der Waals surface area contributed by atoms with Crippen molar-refractivity contribution < 1.29 is 8.42 Å². The predicted molar refractivity (Wildman–Crippen MR) is 85.0 cm³/mol. The van der Waals surface area contributed by atoms with Gasteiger partial charge in [-0.15, -0.1) is 0 Å². The molecule has 0 unspecified atom stereocenters. The first-order valence-corrected chi connectivity index (χ1v) is 8.65. The maximum atomic E-state index is 12.1. The number of nitrogens with one attached hydrogen (secondary N) is 2. The van der Waals surface area contributed by atoms with Crippen LogP contribution in [-0.2, 0) is 29.5 Å². The summed E-state index contributed by atoms with van der Waals surface area (Å²) < 4.78 is 28.6. The molecular formula is C15H17N5O2S. The molecule has 0 aliphatic rings. The molecule has 0 saturated heterocycles. The largest absolute Gasteiger partial charge is 0.335 e. The fourth-order valence-corrected chi connectivity index (χ4v) is 3.11. The molecule has 2 N–H and O–H groups in total. The van der Waals surface area contributed by atoms with E-state index in [1.165, 1.54) is 18.1 Å². The lowest BCUT2D eigenvalue weighted by molar-refractivity contribution is 0.570. The van der Waals surface area contributed by atoms with Crippen LogP contribution in [0.5, 0.6) is 0 Å². The summed E-state index contributed by atoms with van der Waals surface area (Å²) in [6.45, 7) is 0.869. The minimum atomic E-state index is -3.60. The van der Waals surface area contributed by atoms with Crippen molar-refractivity contribution in [2.24, 2.45) is 0 Å². The van der Waals surface area contributed by atoms with Crippen molar-refractivity contribution in [3.05, 3.63) is 66.6 Å². The second-order valence-corrected chi connectivity index (χ2v) is 6.75. The zero-order valence-corrected chi connectivity index (χ0v) is 13.2. The molecule has 120 valence electrons. The van der Waals surface area contributed by atoms with E-state index in [0.29, 0.717) is 5.82 Å². The smallest absolute Gasteiger partial charge is 0.258 e. The predicted octanol–water partition coefficient (Wildman–Crippen LogP) is 1.33. The summed E-state index contributed by atoms with van der Waals surface area (Å²) in [4.78, 5) is 10.5. The van der Waals surface area contributed by atoms with Gasteiger partial charge >= 0.3 is 0 Å². The van der Waals surface area contributed by atoms with E-state index in [1.807, 2.05) is 29.0 Å². The minimum Gasteiger partial charge on any atom is -0.335 e. The van der Waals surface area contributed by atoms with Crippen LogP contribution in [0, 0.1) is 0 Å². The Kier molecular flexibility index (Phi) is 4.54. The van der Waals surface area contributed by atoms with Crippen LogP contribution in [0.1, 0.15) is 11.4 Å². The monoisotopic (exact) mass is 331 g/mol. The summed E-state index contributed by atoms with van der Waals surface area (Å²) >= 11 is 0. The van der Waals surface area contributed by atoms with E-state index in [9.17, 15) is 8.42 Å². The molecule has 2 heterocycles. The summed E-state index contributed by atoms with van der Waals surface area (Å²) in [5.74, 6) is 0.670. The topological polar surface area (TPSA) is 92.7 Å². The third-order valence-corrected chi connectivity index (χ3v) is 4.80. The number of sulfonamides is 1. The average molecular weight is 331 g/mol. The first-order valence-electron chi connectivity index (χ1n) is 7.17. The Morgan fingerprint density at radius 2 is 2.04 bits per heavy atom. The van der Waals surface area contributed by atoms with Crippen LogP contribution >= 0.6 is 0 Å². The second kappa shape index (κ2) is 6.76. The Morgan fingerprint density at radius 1 is 1.22 bits per heavy atom. The lowest BCUT2D eigenvalue weighted by Gasteiger charge is -2.09. The second-order valence-electron chi connectivity index (χ2n) is 5.01. The quantitative estimate of drug-likeness (QED) is 0.683. The number of aromatic nitrogens is 4. The van der Waals surface area contributed by atoms with Gasteiger partial charge in [0, 0.05) is 18.9 Å². The standard InChI is InChI=1S/C15H17N5O2S/c21-23(22,15-11-16-12-18-15)19-10-14-17-7-9-20(14)8-6-13-4-2-1-3-5-13/h1-5,7,9,11-12,19H,6,8,10H2,(H,16,18). The van der Waals surface area contributed by atoms with Crippen LogP contribution in [0.3, 0.4) is 0 Å². The van der Waals surface area contributed by atoms with Gasteiger partial charge in [-0.3, -0.25) is 0 Å². The van der Waals surface area contributed by atoms with Gasteiger partial charge in [-0.1, -0.05) is 30.3 Å². The van der Waals surface area contributed by atoms with Crippen LogP contribution in [0.25, 0.3) is 0 Å². The summed E-state index contributed by atoms with van der Waals surface area (Å²) in [5, 5.41) is 0.0416. The highest BCUT2D eigenvalue weighted by Crippen LogP contribution is 2.07. The summed E-state index contributed by atoms with van der Waals surface area (Å²) in [6, 6.07) is 10.1. The van der Waals surface area contributed by atoms with Crippen LogP contribution in [0.15, 0.2) is 60.3 Å². The third kappa shape index (κ3) is 3.85. The highest BCUT2D eigenvalue weighted by Gasteiger charge is 2.16. The number of aromatic amines is 1.